The molecule has 0 bridgehead atoms. The van der Waals surface area contributed by atoms with Gasteiger partial charge < -0.3 is 10.3 Å². The molecule has 2 aromatic rings. The second-order valence-electron chi connectivity index (χ2n) is 4.91. The molecule has 2 unspecified atom stereocenters. The van der Waals surface area contributed by atoms with Gasteiger partial charge in [0.1, 0.15) is 5.69 Å². The molecule has 0 spiro atoms. The van der Waals surface area contributed by atoms with Crippen LogP contribution in [0, 0.1) is 0 Å². The SMILES string of the molecule is NC1CCCC(c2nc(-c3ncccc3Cl)no2)C1. The maximum Gasteiger partial charge on any atom is 0.230 e. The number of rotatable bonds is 2. The summed E-state index contributed by atoms with van der Waals surface area (Å²) in [6.45, 7) is 0. The minimum atomic E-state index is 0.229. The molecule has 100 valence electrons. The van der Waals surface area contributed by atoms with Crippen LogP contribution in [0.25, 0.3) is 11.5 Å². The maximum absolute atomic E-state index is 6.07. The summed E-state index contributed by atoms with van der Waals surface area (Å²) in [4.78, 5) is 8.60. The monoisotopic (exact) mass is 278 g/mol. The summed E-state index contributed by atoms with van der Waals surface area (Å²) < 4.78 is 5.35. The van der Waals surface area contributed by atoms with Gasteiger partial charge in [0.05, 0.1) is 5.02 Å². The van der Waals surface area contributed by atoms with Crippen LogP contribution < -0.4 is 5.73 Å². The highest BCUT2D eigenvalue weighted by atomic mass is 35.5. The summed E-state index contributed by atoms with van der Waals surface area (Å²) in [5.41, 5.74) is 6.54. The molecule has 0 radical (unpaired) electrons. The fraction of sp³-hybridized carbons (Fsp3) is 0.462. The smallest absolute Gasteiger partial charge is 0.230 e. The van der Waals surface area contributed by atoms with Crippen molar-refractivity contribution in [3.8, 4) is 11.5 Å². The lowest BCUT2D eigenvalue weighted by atomic mass is 9.86. The van der Waals surface area contributed by atoms with Gasteiger partial charge in [0.25, 0.3) is 0 Å². The first-order valence-corrected chi connectivity index (χ1v) is 6.82. The van der Waals surface area contributed by atoms with Crippen molar-refractivity contribution in [2.45, 2.75) is 37.6 Å². The van der Waals surface area contributed by atoms with Gasteiger partial charge >= 0.3 is 0 Å². The van der Waals surface area contributed by atoms with E-state index >= 15 is 0 Å². The molecule has 1 saturated carbocycles. The van der Waals surface area contributed by atoms with Crippen molar-refractivity contribution in [2.24, 2.45) is 5.73 Å². The molecule has 2 atom stereocenters. The topological polar surface area (TPSA) is 77.8 Å². The Bertz CT molecular complexity index is 571. The van der Waals surface area contributed by atoms with Gasteiger partial charge in [-0.2, -0.15) is 4.98 Å². The molecular formula is C13H15ClN4O. The molecule has 1 fully saturated rings. The number of nitrogens with zero attached hydrogens (tertiary/aromatic N) is 3. The second kappa shape index (κ2) is 5.27. The molecule has 5 nitrogen and oxygen atoms in total. The van der Waals surface area contributed by atoms with Crippen LogP contribution in [-0.4, -0.2) is 21.2 Å². The molecule has 0 amide bonds. The predicted octanol–water partition coefficient (Wildman–Crippen LogP) is 2.77. The van der Waals surface area contributed by atoms with Crippen LogP contribution in [0.4, 0.5) is 0 Å². The number of hydrogen-bond acceptors (Lipinski definition) is 5. The van der Waals surface area contributed by atoms with E-state index in [4.69, 9.17) is 21.9 Å². The summed E-state index contributed by atoms with van der Waals surface area (Å²) in [6, 6.07) is 3.76. The molecule has 2 aromatic heterocycles. The fourth-order valence-corrected chi connectivity index (χ4v) is 2.71. The van der Waals surface area contributed by atoms with Gasteiger partial charge in [0.15, 0.2) is 0 Å². The summed E-state index contributed by atoms with van der Waals surface area (Å²) in [6.07, 6.45) is 5.79. The number of aromatic nitrogens is 3. The lowest BCUT2D eigenvalue weighted by Crippen LogP contribution is -2.26. The fourth-order valence-electron chi connectivity index (χ4n) is 2.50. The van der Waals surface area contributed by atoms with E-state index in [0.717, 1.165) is 25.7 Å². The highest BCUT2D eigenvalue weighted by Crippen LogP contribution is 2.32. The molecule has 0 aromatic carbocycles. The largest absolute Gasteiger partial charge is 0.339 e. The van der Waals surface area contributed by atoms with Crippen molar-refractivity contribution in [3.05, 3.63) is 29.2 Å². The first-order valence-electron chi connectivity index (χ1n) is 6.44. The normalized spacial score (nSPS) is 23.5. The van der Waals surface area contributed by atoms with Crippen LogP contribution in [0.15, 0.2) is 22.9 Å². The van der Waals surface area contributed by atoms with Crippen molar-refractivity contribution >= 4 is 11.6 Å². The summed E-state index contributed by atoms with van der Waals surface area (Å²) in [7, 11) is 0. The summed E-state index contributed by atoms with van der Waals surface area (Å²) in [5, 5.41) is 4.50. The minimum absolute atomic E-state index is 0.229. The highest BCUT2D eigenvalue weighted by molar-refractivity contribution is 6.32. The van der Waals surface area contributed by atoms with E-state index < -0.39 is 0 Å². The van der Waals surface area contributed by atoms with Gasteiger partial charge in [-0.3, -0.25) is 4.98 Å². The molecule has 2 heterocycles. The molecule has 1 aliphatic carbocycles. The Hall–Kier alpha value is -1.46. The van der Waals surface area contributed by atoms with Gasteiger partial charge in [-0.1, -0.05) is 23.2 Å². The zero-order valence-electron chi connectivity index (χ0n) is 10.4. The van der Waals surface area contributed by atoms with Crippen LogP contribution in [0.1, 0.15) is 37.5 Å². The Morgan fingerprint density at radius 1 is 1.37 bits per heavy atom. The van der Waals surface area contributed by atoms with E-state index in [1.807, 2.05) is 0 Å². The van der Waals surface area contributed by atoms with E-state index in [0.29, 0.717) is 22.4 Å². The van der Waals surface area contributed by atoms with E-state index in [1.165, 1.54) is 0 Å². The molecule has 6 heteroatoms. The van der Waals surface area contributed by atoms with Crippen LogP contribution in [-0.2, 0) is 0 Å². The standard InChI is InChI=1S/C13H15ClN4O/c14-10-5-2-6-16-11(10)12-17-13(19-18-12)8-3-1-4-9(15)7-8/h2,5-6,8-9H,1,3-4,7,15H2. The van der Waals surface area contributed by atoms with Crippen molar-refractivity contribution in [3.63, 3.8) is 0 Å². The molecule has 19 heavy (non-hydrogen) atoms. The van der Waals surface area contributed by atoms with Crippen molar-refractivity contribution < 1.29 is 4.52 Å². The number of halogens is 1. The number of hydrogen-bond donors (Lipinski definition) is 1. The average Bonchev–Trinajstić information content (AvgIpc) is 2.89. The van der Waals surface area contributed by atoms with E-state index in [2.05, 4.69) is 15.1 Å². The first kappa shape index (κ1) is 12.6. The average molecular weight is 279 g/mol. The third kappa shape index (κ3) is 2.62. The first-order chi connectivity index (χ1) is 9.24. The Morgan fingerprint density at radius 2 is 2.26 bits per heavy atom. The predicted molar refractivity (Wildman–Crippen MR) is 71.7 cm³/mol. The summed E-state index contributed by atoms with van der Waals surface area (Å²) >= 11 is 6.07. The van der Waals surface area contributed by atoms with Crippen molar-refractivity contribution in [2.75, 3.05) is 0 Å². The lowest BCUT2D eigenvalue weighted by Gasteiger charge is -2.23. The Morgan fingerprint density at radius 3 is 3.05 bits per heavy atom. The van der Waals surface area contributed by atoms with E-state index in [9.17, 15) is 0 Å². The quantitative estimate of drug-likeness (QED) is 0.914. The Balaban J connectivity index is 1.85. The minimum Gasteiger partial charge on any atom is -0.339 e. The second-order valence-corrected chi connectivity index (χ2v) is 5.32. The maximum atomic E-state index is 6.07. The van der Waals surface area contributed by atoms with E-state index in [1.54, 1.807) is 18.3 Å². The van der Waals surface area contributed by atoms with E-state index in [-0.39, 0.29) is 12.0 Å². The van der Waals surface area contributed by atoms with Crippen molar-refractivity contribution in [1.82, 2.24) is 15.1 Å². The molecular weight excluding hydrogens is 264 g/mol. The van der Waals surface area contributed by atoms with Gasteiger partial charge in [0, 0.05) is 18.2 Å². The van der Waals surface area contributed by atoms with Gasteiger partial charge in [0.2, 0.25) is 11.7 Å². The third-order valence-electron chi connectivity index (χ3n) is 3.48. The van der Waals surface area contributed by atoms with Gasteiger partial charge in [-0.25, -0.2) is 0 Å². The van der Waals surface area contributed by atoms with Gasteiger partial charge in [-0.05, 0) is 31.4 Å². The number of nitrogens with two attached hydrogens (primary N) is 1. The lowest BCUT2D eigenvalue weighted by molar-refractivity contribution is 0.299. The highest BCUT2D eigenvalue weighted by Gasteiger charge is 2.26. The van der Waals surface area contributed by atoms with Crippen LogP contribution in [0.2, 0.25) is 5.02 Å². The zero-order chi connectivity index (χ0) is 13.2. The summed E-state index contributed by atoms with van der Waals surface area (Å²) in [5.74, 6) is 1.35. The number of pyridine rings is 1. The zero-order valence-corrected chi connectivity index (χ0v) is 11.2. The Labute approximate surface area is 116 Å². The molecule has 1 aliphatic rings. The van der Waals surface area contributed by atoms with Crippen LogP contribution in [0.5, 0.6) is 0 Å². The molecule has 2 N–H and O–H groups in total. The third-order valence-corrected chi connectivity index (χ3v) is 3.78. The van der Waals surface area contributed by atoms with Crippen LogP contribution >= 0.6 is 11.6 Å². The Kier molecular flexibility index (Phi) is 3.48. The molecule has 0 saturated heterocycles. The van der Waals surface area contributed by atoms with Gasteiger partial charge in [-0.15, -0.1) is 0 Å². The van der Waals surface area contributed by atoms with Crippen molar-refractivity contribution in [1.29, 1.82) is 0 Å². The molecule has 0 aliphatic heterocycles. The van der Waals surface area contributed by atoms with Crippen LogP contribution in [0.3, 0.4) is 0 Å². The molecule has 3 rings (SSSR count).